The van der Waals surface area contributed by atoms with E-state index < -0.39 is 0 Å². The second kappa shape index (κ2) is 7.17. The van der Waals surface area contributed by atoms with Crippen molar-refractivity contribution in [2.75, 3.05) is 27.2 Å². The van der Waals surface area contributed by atoms with Crippen LogP contribution in [0.3, 0.4) is 0 Å². The molecule has 1 aromatic carbocycles. The van der Waals surface area contributed by atoms with Crippen LogP contribution in [-0.2, 0) is 11.3 Å². The lowest BCUT2D eigenvalue weighted by Gasteiger charge is -2.33. The van der Waals surface area contributed by atoms with E-state index in [0.29, 0.717) is 19.6 Å². The average Bonchev–Trinajstić information content (AvgIpc) is 2.95. The Morgan fingerprint density at radius 1 is 1.32 bits per heavy atom. The molecule has 1 atom stereocenters. The molecule has 0 spiro atoms. The minimum Gasteiger partial charge on any atom is -0.459 e. The van der Waals surface area contributed by atoms with Crippen LogP contribution in [0.2, 0.25) is 0 Å². The molecular formula is C19H25N3O3. The molecule has 25 heavy (non-hydrogen) atoms. The average molecular weight is 343 g/mol. The smallest absolute Gasteiger partial charge is 0.319 e. The molecule has 2 aromatic rings. The number of carbonyl (C=O) groups excluding carboxylic acids is 2. The predicted molar refractivity (Wildman–Crippen MR) is 96.2 cm³/mol. The van der Waals surface area contributed by atoms with E-state index in [-0.39, 0.29) is 17.9 Å². The van der Waals surface area contributed by atoms with E-state index in [1.54, 1.807) is 23.9 Å². The topological polar surface area (TPSA) is 65.8 Å². The van der Waals surface area contributed by atoms with Crippen LogP contribution in [0.15, 0.2) is 28.7 Å². The molecule has 1 N–H and O–H groups in total. The number of benzene rings is 1. The lowest BCUT2D eigenvalue weighted by Crippen LogP contribution is -2.48. The Hall–Kier alpha value is -2.50. The van der Waals surface area contributed by atoms with Gasteiger partial charge in [-0.15, -0.1) is 0 Å². The quantitative estimate of drug-likeness (QED) is 0.932. The fourth-order valence-corrected chi connectivity index (χ4v) is 3.35. The van der Waals surface area contributed by atoms with Gasteiger partial charge in [-0.05, 0) is 25.8 Å². The Morgan fingerprint density at radius 2 is 2.08 bits per heavy atom. The van der Waals surface area contributed by atoms with Crippen molar-refractivity contribution in [3.8, 4) is 0 Å². The molecule has 6 nitrogen and oxygen atoms in total. The first-order chi connectivity index (χ1) is 12.0. The first-order valence-corrected chi connectivity index (χ1v) is 8.68. The van der Waals surface area contributed by atoms with Crippen molar-refractivity contribution in [1.82, 2.24) is 15.1 Å². The standard InChI is InChI=1S/C19H25N3O3/c1-13-15-8-4-5-9-16(15)25-17(13)11-20-18(23)14-7-6-10-22(12-14)19(24)21(2)3/h4-5,8-9,14H,6-7,10-12H2,1-3H3,(H,20,23)/t14-/m0/s1. The Balaban J connectivity index is 1.62. The maximum absolute atomic E-state index is 12.5. The van der Waals surface area contributed by atoms with Crippen molar-refractivity contribution in [3.05, 3.63) is 35.6 Å². The molecule has 3 amide bonds. The van der Waals surface area contributed by atoms with Crippen LogP contribution < -0.4 is 5.32 Å². The minimum absolute atomic E-state index is 0.0175. The number of amides is 3. The third-order valence-electron chi connectivity index (χ3n) is 4.81. The molecular weight excluding hydrogens is 318 g/mol. The zero-order valence-electron chi connectivity index (χ0n) is 15.0. The maximum Gasteiger partial charge on any atom is 0.319 e. The predicted octanol–water partition coefficient (Wildman–Crippen LogP) is 2.75. The number of rotatable bonds is 3. The van der Waals surface area contributed by atoms with Gasteiger partial charge < -0.3 is 19.5 Å². The maximum atomic E-state index is 12.5. The summed E-state index contributed by atoms with van der Waals surface area (Å²) in [6.45, 7) is 3.56. The number of aryl methyl sites for hydroxylation is 1. The van der Waals surface area contributed by atoms with E-state index in [9.17, 15) is 9.59 Å². The Kier molecular flexibility index (Phi) is 4.97. The zero-order valence-corrected chi connectivity index (χ0v) is 15.0. The SMILES string of the molecule is Cc1c(CNC(=O)[C@H]2CCCN(C(=O)N(C)C)C2)oc2ccccc12. The fourth-order valence-electron chi connectivity index (χ4n) is 3.35. The number of nitrogens with one attached hydrogen (secondary N) is 1. The second-order valence-electron chi connectivity index (χ2n) is 6.83. The van der Waals surface area contributed by atoms with Gasteiger partial charge in [0, 0.05) is 38.1 Å². The summed E-state index contributed by atoms with van der Waals surface area (Å²) in [7, 11) is 3.47. The molecule has 0 unspecified atom stereocenters. The molecule has 1 aliphatic heterocycles. The van der Waals surface area contributed by atoms with Gasteiger partial charge in [0.1, 0.15) is 11.3 Å². The molecule has 1 aromatic heterocycles. The number of furan rings is 1. The number of carbonyl (C=O) groups is 2. The molecule has 134 valence electrons. The second-order valence-corrected chi connectivity index (χ2v) is 6.83. The summed E-state index contributed by atoms with van der Waals surface area (Å²) in [6, 6.07) is 7.83. The van der Waals surface area contributed by atoms with Crippen molar-refractivity contribution in [2.45, 2.75) is 26.3 Å². The van der Waals surface area contributed by atoms with Gasteiger partial charge in [0.05, 0.1) is 12.5 Å². The number of piperidine rings is 1. The van der Waals surface area contributed by atoms with E-state index in [1.807, 2.05) is 31.2 Å². The lowest BCUT2D eigenvalue weighted by atomic mass is 9.97. The summed E-state index contributed by atoms with van der Waals surface area (Å²) >= 11 is 0. The largest absolute Gasteiger partial charge is 0.459 e. The monoisotopic (exact) mass is 343 g/mol. The van der Waals surface area contributed by atoms with E-state index in [1.165, 1.54) is 0 Å². The highest BCUT2D eigenvalue weighted by molar-refractivity contribution is 5.83. The molecule has 6 heteroatoms. The summed E-state index contributed by atoms with van der Waals surface area (Å²) in [5.74, 6) is 0.602. The van der Waals surface area contributed by atoms with Gasteiger partial charge in [0.2, 0.25) is 5.91 Å². The van der Waals surface area contributed by atoms with Crippen LogP contribution in [0.5, 0.6) is 0 Å². The molecule has 1 saturated heterocycles. The van der Waals surface area contributed by atoms with Crippen LogP contribution in [0.25, 0.3) is 11.0 Å². The highest BCUT2D eigenvalue weighted by Crippen LogP contribution is 2.25. The number of hydrogen-bond acceptors (Lipinski definition) is 3. The van der Waals surface area contributed by atoms with Gasteiger partial charge in [0.25, 0.3) is 0 Å². The van der Waals surface area contributed by atoms with E-state index in [4.69, 9.17) is 4.42 Å². The van der Waals surface area contributed by atoms with E-state index in [2.05, 4.69) is 5.32 Å². The third-order valence-corrected chi connectivity index (χ3v) is 4.81. The summed E-state index contributed by atoms with van der Waals surface area (Å²) in [5.41, 5.74) is 1.90. The van der Waals surface area contributed by atoms with Crippen molar-refractivity contribution in [2.24, 2.45) is 5.92 Å². The number of para-hydroxylation sites is 1. The summed E-state index contributed by atoms with van der Waals surface area (Å²) in [4.78, 5) is 27.9. The van der Waals surface area contributed by atoms with Crippen molar-refractivity contribution < 1.29 is 14.0 Å². The molecule has 0 radical (unpaired) electrons. The summed E-state index contributed by atoms with van der Waals surface area (Å²) < 4.78 is 5.84. The molecule has 2 heterocycles. The first kappa shape index (κ1) is 17.3. The number of urea groups is 1. The molecule has 3 rings (SSSR count). The Morgan fingerprint density at radius 3 is 2.80 bits per heavy atom. The third kappa shape index (κ3) is 3.62. The van der Waals surface area contributed by atoms with E-state index >= 15 is 0 Å². The van der Waals surface area contributed by atoms with Crippen molar-refractivity contribution in [3.63, 3.8) is 0 Å². The van der Waals surface area contributed by atoms with Gasteiger partial charge in [-0.3, -0.25) is 4.79 Å². The normalized spacial score (nSPS) is 17.6. The van der Waals surface area contributed by atoms with Gasteiger partial charge in [-0.2, -0.15) is 0 Å². The van der Waals surface area contributed by atoms with Crippen molar-refractivity contribution in [1.29, 1.82) is 0 Å². The molecule has 0 bridgehead atoms. The molecule has 0 aliphatic carbocycles. The molecule has 1 fully saturated rings. The molecule has 1 aliphatic rings. The van der Waals surface area contributed by atoms with Gasteiger partial charge in [-0.1, -0.05) is 18.2 Å². The highest BCUT2D eigenvalue weighted by Gasteiger charge is 2.29. The van der Waals surface area contributed by atoms with Crippen LogP contribution in [-0.4, -0.2) is 48.9 Å². The number of nitrogens with zero attached hydrogens (tertiary/aromatic N) is 2. The fraction of sp³-hybridized carbons (Fsp3) is 0.474. The zero-order chi connectivity index (χ0) is 18.0. The Bertz CT molecular complexity index is 781. The number of likely N-dealkylation sites (tertiary alicyclic amines) is 1. The van der Waals surface area contributed by atoms with Crippen molar-refractivity contribution >= 4 is 22.9 Å². The first-order valence-electron chi connectivity index (χ1n) is 8.68. The van der Waals surface area contributed by atoms with Gasteiger partial charge in [-0.25, -0.2) is 4.79 Å². The summed E-state index contributed by atoms with van der Waals surface area (Å²) in [6.07, 6.45) is 1.66. The lowest BCUT2D eigenvalue weighted by molar-refractivity contribution is -0.126. The van der Waals surface area contributed by atoms with Crippen LogP contribution in [0.4, 0.5) is 4.79 Å². The molecule has 0 saturated carbocycles. The number of hydrogen-bond donors (Lipinski definition) is 1. The minimum atomic E-state index is -0.165. The van der Waals surface area contributed by atoms with Crippen LogP contribution in [0.1, 0.15) is 24.2 Å². The number of fused-ring (bicyclic) bond motifs is 1. The van der Waals surface area contributed by atoms with Crippen LogP contribution >= 0.6 is 0 Å². The van der Waals surface area contributed by atoms with Gasteiger partial charge in [0.15, 0.2) is 0 Å². The van der Waals surface area contributed by atoms with Gasteiger partial charge >= 0.3 is 6.03 Å². The highest BCUT2D eigenvalue weighted by atomic mass is 16.3. The Labute approximate surface area is 147 Å². The summed E-state index contributed by atoms with van der Waals surface area (Å²) in [5, 5.41) is 4.05. The van der Waals surface area contributed by atoms with E-state index in [0.717, 1.165) is 35.1 Å². The van der Waals surface area contributed by atoms with Crippen LogP contribution in [0, 0.1) is 12.8 Å².